The van der Waals surface area contributed by atoms with Gasteiger partial charge in [0.25, 0.3) is 11.8 Å². The van der Waals surface area contributed by atoms with Crippen LogP contribution in [0.15, 0.2) is 47.2 Å². The Kier molecular flexibility index (Phi) is 4.61. The Hall–Kier alpha value is -3.89. The van der Waals surface area contributed by atoms with Crippen molar-refractivity contribution in [1.29, 1.82) is 0 Å². The average Bonchev–Trinajstić information content (AvgIpc) is 3.15. The highest BCUT2D eigenvalue weighted by molar-refractivity contribution is 6.03. The molecule has 0 spiro atoms. The number of carbonyl (C=O) groups is 1. The second-order valence-electron chi connectivity index (χ2n) is 7.44. The van der Waals surface area contributed by atoms with Crippen LogP contribution in [0.1, 0.15) is 22.8 Å². The molecule has 1 saturated carbocycles. The second kappa shape index (κ2) is 7.36. The molecule has 8 nitrogen and oxygen atoms in total. The fraction of sp³-hybridized carbons (Fsp3) is 0.238. The zero-order valence-electron chi connectivity index (χ0n) is 16.7. The predicted molar refractivity (Wildman–Crippen MR) is 106 cm³/mol. The van der Waals surface area contributed by atoms with E-state index < -0.39 is 23.6 Å². The first-order valence-corrected chi connectivity index (χ1v) is 9.67. The Balaban J connectivity index is 1.37. The molecule has 3 aromatic heterocycles. The molecule has 1 aliphatic rings. The number of fused-ring (bicyclic) bond motifs is 1. The maximum absolute atomic E-state index is 15.1. The summed E-state index contributed by atoms with van der Waals surface area (Å²) in [6.07, 6.45) is 2.69. The van der Waals surface area contributed by atoms with E-state index in [0.717, 1.165) is 0 Å². The Bertz CT molecular complexity index is 1330. The maximum atomic E-state index is 15.1. The van der Waals surface area contributed by atoms with Crippen LogP contribution < -0.4 is 10.1 Å². The van der Waals surface area contributed by atoms with E-state index in [2.05, 4.69) is 20.4 Å². The zero-order chi connectivity index (χ0) is 22.5. The molecule has 4 aromatic rings. The van der Waals surface area contributed by atoms with Gasteiger partial charge in [0.2, 0.25) is 11.7 Å². The highest BCUT2D eigenvalue weighted by atomic mass is 19.3. The molecule has 5 rings (SSSR count). The largest absolute Gasteiger partial charge is 0.497 e. The Morgan fingerprint density at radius 1 is 1.38 bits per heavy atom. The summed E-state index contributed by atoms with van der Waals surface area (Å²) in [5.74, 6) is -4.40. The number of amides is 1. The molecule has 0 radical (unpaired) electrons. The lowest BCUT2D eigenvalue weighted by Crippen LogP contribution is -2.15. The van der Waals surface area contributed by atoms with Gasteiger partial charge in [-0.25, -0.2) is 18.2 Å². The van der Waals surface area contributed by atoms with Crippen molar-refractivity contribution in [2.24, 2.45) is 5.92 Å². The fourth-order valence-electron chi connectivity index (χ4n) is 3.39. The summed E-state index contributed by atoms with van der Waals surface area (Å²) in [6, 6.07) is 7.63. The number of halogens is 3. The average molecular weight is 443 g/mol. The van der Waals surface area contributed by atoms with Gasteiger partial charge in [-0.1, -0.05) is 11.2 Å². The van der Waals surface area contributed by atoms with Crippen LogP contribution in [0.2, 0.25) is 0 Å². The van der Waals surface area contributed by atoms with Gasteiger partial charge in [0.15, 0.2) is 5.82 Å². The van der Waals surface area contributed by atoms with E-state index >= 15 is 4.39 Å². The first-order valence-electron chi connectivity index (χ1n) is 9.67. The lowest BCUT2D eigenvalue weighted by Gasteiger charge is -2.08. The minimum absolute atomic E-state index is 0.0113. The maximum Gasteiger partial charge on any atom is 0.274 e. The monoisotopic (exact) mass is 443 g/mol. The molecule has 1 fully saturated rings. The van der Waals surface area contributed by atoms with E-state index in [1.807, 2.05) is 0 Å². The van der Waals surface area contributed by atoms with Crippen molar-refractivity contribution in [2.75, 3.05) is 12.4 Å². The molecule has 0 bridgehead atoms. The molecule has 0 saturated heterocycles. The second-order valence-corrected chi connectivity index (χ2v) is 7.44. The minimum Gasteiger partial charge on any atom is -0.497 e. The van der Waals surface area contributed by atoms with Crippen molar-refractivity contribution < 1.29 is 27.2 Å². The Morgan fingerprint density at radius 2 is 2.19 bits per heavy atom. The summed E-state index contributed by atoms with van der Waals surface area (Å²) in [5.41, 5.74) is 0.559. The van der Waals surface area contributed by atoms with Crippen LogP contribution in [0, 0.1) is 11.7 Å². The summed E-state index contributed by atoms with van der Waals surface area (Å²) in [5, 5.41) is 6.21. The molecular weight excluding hydrogens is 427 g/mol. The SMILES string of the molecule is COc1ccn2c(C(=O)Nc3cccc(-c4noc(C[C@H]5CC5(F)F)n4)c3F)cnc2c1. The standard InChI is InChI=1S/C21H16F3N5O3/c1-31-12-5-6-29-15(10-25-16(29)8-12)20(30)26-14-4-2-3-13(18(14)22)19-27-17(32-28-19)7-11-9-21(11,23)24/h2-6,8,10-11H,7,9H2,1H3,(H,26,30)/t11-/m0/s1. The number of anilines is 1. The van der Waals surface area contributed by atoms with Crippen molar-refractivity contribution in [2.45, 2.75) is 18.8 Å². The summed E-state index contributed by atoms with van der Waals surface area (Å²) < 4.78 is 53.0. The van der Waals surface area contributed by atoms with Gasteiger partial charge in [-0.15, -0.1) is 0 Å². The van der Waals surface area contributed by atoms with Crippen LogP contribution in [-0.4, -0.2) is 38.5 Å². The fourth-order valence-corrected chi connectivity index (χ4v) is 3.39. The van der Waals surface area contributed by atoms with Crippen molar-refractivity contribution >= 4 is 17.2 Å². The third-order valence-corrected chi connectivity index (χ3v) is 5.29. The Morgan fingerprint density at radius 3 is 2.94 bits per heavy atom. The summed E-state index contributed by atoms with van der Waals surface area (Å²) >= 11 is 0. The minimum atomic E-state index is -2.72. The van der Waals surface area contributed by atoms with Gasteiger partial charge in [-0.2, -0.15) is 4.98 Å². The first kappa shape index (κ1) is 20.0. The summed E-state index contributed by atoms with van der Waals surface area (Å²) in [6.45, 7) is 0. The number of rotatable bonds is 6. The smallest absolute Gasteiger partial charge is 0.274 e. The van der Waals surface area contributed by atoms with Gasteiger partial charge in [-0.05, 0) is 18.2 Å². The van der Waals surface area contributed by atoms with Crippen molar-refractivity contribution in [1.82, 2.24) is 19.5 Å². The molecule has 3 heterocycles. The molecular formula is C21H16F3N5O3. The van der Waals surface area contributed by atoms with Crippen LogP contribution >= 0.6 is 0 Å². The highest BCUT2D eigenvalue weighted by Crippen LogP contribution is 2.50. The summed E-state index contributed by atoms with van der Waals surface area (Å²) in [4.78, 5) is 20.9. The lowest BCUT2D eigenvalue weighted by molar-refractivity contribution is 0.0969. The number of hydrogen-bond donors (Lipinski definition) is 1. The van der Waals surface area contributed by atoms with E-state index in [9.17, 15) is 13.6 Å². The molecule has 1 amide bonds. The van der Waals surface area contributed by atoms with E-state index in [0.29, 0.717) is 11.4 Å². The van der Waals surface area contributed by atoms with E-state index in [-0.39, 0.29) is 41.5 Å². The third-order valence-electron chi connectivity index (χ3n) is 5.29. The van der Waals surface area contributed by atoms with Crippen molar-refractivity contribution in [3.05, 3.63) is 60.1 Å². The van der Waals surface area contributed by atoms with E-state index in [1.54, 1.807) is 22.7 Å². The zero-order valence-corrected chi connectivity index (χ0v) is 16.7. The van der Waals surface area contributed by atoms with Gasteiger partial charge in [0.1, 0.15) is 17.1 Å². The topological polar surface area (TPSA) is 94.6 Å². The molecule has 0 unspecified atom stereocenters. The van der Waals surface area contributed by atoms with Crippen LogP contribution in [0.4, 0.5) is 18.9 Å². The third kappa shape index (κ3) is 3.55. The normalized spacial score (nSPS) is 16.8. The number of nitrogens with one attached hydrogen (secondary N) is 1. The number of pyridine rings is 1. The Labute approximate surface area is 179 Å². The number of carbonyl (C=O) groups excluding carboxylic acids is 1. The van der Waals surface area contributed by atoms with Crippen molar-refractivity contribution in [3.8, 4) is 17.1 Å². The van der Waals surface area contributed by atoms with Crippen LogP contribution in [0.5, 0.6) is 5.75 Å². The quantitative estimate of drug-likeness (QED) is 0.484. The van der Waals surface area contributed by atoms with Crippen LogP contribution in [0.3, 0.4) is 0 Å². The van der Waals surface area contributed by atoms with E-state index in [1.165, 1.54) is 31.5 Å². The van der Waals surface area contributed by atoms with Gasteiger partial charge in [-0.3, -0.25) is 9.20 Å². The molecule has 1 atom stereocenters. The number of alkyl halides is 2. The number of benzene rings is 1. The molecule has 1 N–H and O–H groups in total. The molecule has 32 heavy (non-hydrogen) atoms. The number of methoxy groups -OCH3 is 1. The van der Waals surface area contributed by atoms with Crippen LogP contribution in [-0.2, 0) is 6.42 Å². The highest BCUT2D eigenvalue weighted by Gasteiger charge is 2.57. The number of hydrogen-bond acceptors (Lipinski definition) is 6. The lowest BCUT2D eigenvalue weighted by atomic mass is 10.1. The number of nitrogens with zero attached hydrogens (tertiary/aromatic N) is 4. The van der Waals surface area contributed by atoms with Crippen molar-refractivity contribution in [3.63, 3.8) is 0 Å². The van der Waals surface area contributed by atoms with Gasteiger partial charge in [0.05, 0.1) is 24.6 Å². The van der Waals surface area contributed by atoms with Gasteiger partial charge < -0.3 is 14.6 Å². The summed E-state index contributed by atoms with van der Waals surface area (Å²) in [7, 11) is 1.52. The van der Waals surface area contributed by atoms with Crippen LogP contribution in [0.25, 0.3) is 17.0 Å². The number of aromatic nitrogens is 4. The molecule has 0 aliphatic heterocycles. The number of imidazole rings is 1. The van der Waals surface area contributed by atoms with Gasteiger partial charge >= 0.3 is 0 Å². The number of ether oxygens (including phenoxy) is 1. The molecule has 1 aliphatic carbocycles. The molecule has 164 valence electrons. The first-order chi connectivity index (χ1) is 15.4. The van der Waals surface area contributed by atoms with Gasteiger partial charge in [0, 0.05) is 31.0 Å². The molecule has 11 heteroatoms. The van der Waals surface area contributed by atoms with E-state index in [4.69, 9.17) is 9.26 Å². The molecule has 1 aromatic carbocycles. The predicted octanol–water partition coefficient (Wildman–Crippen LogP) is 3.98.